The van der Waals surface area contributed by atoms with E-state index in [4.69, 9.17) is 16.3 Å². The Morgan fingerprint density at radius 3 is 2.54 bits per heavy atom. The highest BCUT2D eigenvalue weighted by Crippen LogP contribution is 2.34. The van der Waals surface area contributed by atoms with Crippen molar-refractivity contribution in [2.45, 2.75) is 30.8 Å². The second kappa shape index (κ2) is 7.85. The van der Waals surface area contributed by atoms with E-state index in [1.165, 1.54) is 0 Å². The zero-order chi connectivity index (χ0) is 19.7. The van der Waals surface area contributed by atoms with Crippen LogP contribution in [-0.2, 0) is 32.4 Å². The van der Waals surface area contributed by atoms with E-state index in [-0.39, 0.29) is 18.2 Å². The Kier molecular flexibility index (Phi) is 5.45. The van der Waals surface area contributed by atoms with Crippen LogP contribution in [0.3, 0.4) is 0 Å². The average Bonchev–Trinajstić information content (AvgIpc) is 2.85. The monoisotopic (exact) mass is 419 g/mol. The SMILES string of the molecule is O=C([C@@H]1Cc2ccccc2CO1)N1CC[C@@H](c2ccccc2Cl)S(=O)(=O)CC1. The highest BCUT2D eigenvalue weighted by atomic mass is 35.5. The molecule has 0 N–H and O–H groups in total. The molecule has 2 heterocycles. The van der Waals surface area contributed by atoms with Crippen molar-refractivity contribution in [2.24, 2.45) is 0 Å². The van der Waals surface area contributed by atoms with Crippen LogP contribution in [0, 0.1) is 0 Å². The normalized spacial score (nSPS) is 24.2. The van der Waals surface area contributed by atoms with Crippen molar-refractivity contribution < 1.29 is 17.9 Å². The Morgan fingerprint density at radius 2 is 1.75 bits per heavy atom. The molecule has 2 aromatic carbocycles. The molecule has 2 aliphatic rings. The number of nitrogens with zero attached hydrogens (tertiary/aromatic N) is 1. The first-order chi connectivity index (χ1) is 13.5. The maximum absolute atomic E-state index is 13.0. The van der Waals surface area contributed by atoms with E-state index in [0.29, 0.717) is 36.6 Å². The van der Waals surface area contributed by atoms with Gasteiger partial charge < -0.3 is 9.64 Å². The smallest absolute Gasteiger partial charge is 0.252 e. The van der Waals surface area contributed by atoms with Crippen molar-refractivity contribution in [2.75, 3.05) is 18.8 Å². The van der Waals surface area contributed by atoms with Gasteiger partial charge in [-0.05, 0) is 29.2 Å². The van der Waals surface area contributed by atoms with Crippen LogP contribution in [0.2, 0.25) is 5.02 Å². The third kappa shape index (κ3) is 3.81. The number of ether oxygens (including phenoxy) is 1. The van der Waals surface area contributed by atoms with Gasteiger partial charge in [-0.15, -0.1) is 0 Å². The standard InChI is InChI=1S/C21H22ClNO4S/c22-18-8-4-3-7-17(18)20-9-10-23(11-12-28(20,25)26)21(24)19-13-15-5-1-2-6-16(15)14-27-19/h1-8,19-20H,9-14H2/t19-,20-/m0/s1. The number of benzene rings is 2. The van der Waals surface area contributed by atoms with E-state index in [1.807, 2.05) is 24.3 Å². The fourth-order valence-electron chi connectivity index (χ4n) is 3.96. The summed E-state index contributed by atoms with van der Waals surface area (Å²) in [5, 5.41) is -0.241. The molecule has 2 aromatic rings. The zero-order valence-electron chi connectivity index (χ0n) is 15.4. The van der Waals surface area contributed by atoms with Gasteiger partial charge in [0.1, 0.15) is 6.10 Å². The van der Waals surface area contributed by atoms with Gasteiger partial charge in [-0.25, -0.2) is 8.42 Å². The third-order valence-corrected chi connectivity index (χ3v) is 8.00. The topological polar surface area (TPSA) is 63.7 Å². The summed E-state index contributed by atoms with van der Waals surface area (Å²) in [6.07, 6.45) is 0.294. The number of amides is 1. The van der Waals surface area contributed by atoms with Crippen LogP contribution in [0.25, 0.3) is 0 Å². The molecule has 0 saturated carbocycles. The number of carbonyl (C=O) groups excluding carboxylic acids is 1. The lowest BCUT2D eigenvalue weighted by atomic mass is 9.98. The fourth-order valence-corrected chi connectivity index (χ4v) is 6.11. The summed E-state index contributed by atoms with van der Waals surface area (Å²) in [4.78, 5) is 14.6. The fraction of sp³-hybridized carbons (Fsp3) is 0.381. The van der Waals surface area contributed by atoms with Gasteiger partial charge in [-0.1, -0.05) is 54.1 Å². The Labute approximate surface area is 170 Å². The first-order valence-corrected chi connectivity index (χ1v) is 11.5. The average molecular weight is 420 g/mol. The number of hydrogen-bond acceptors (Lipinski definition) is 4. The van der Waals surface area contributed by atoms with Crippen molar-refractivity contribution in [1.82, 2.24) is 4.90 Å². The molecule has 0 aliphatic carbocycles. The number of fused-ring (bicyclic) bond motifs is 1. The van der Waals surface area contributed by atoms with Gasteiger partial charge in [-0.3, -0.25) is 4.79 Å². The van der Waals surface area contributed by atoms with Crippen LogP contribution in [0.5, 0.6) is 0 Å². The molecule has 0 spiro atoms. The van der Waals surface area contributed by atoms with Crippen LogP contribution in [-0.4, -0.2) is 44.2 Å². The Balaban J connectivity index is 1.51. The molecule has 5 nitrogen and oxygen atoms in total. The number of hydrogen-bond donors (Lipinski definition) is 0. The Bertz CT molecular complexity index is 991. The molecule has 0 radical (unpaired) electrons. The molecule has 2 atom stereocenters. The predicted molar refractivity (Wildman–Crippen MR) is 108 cm³/mol. The number of sulfone groups is 1. The van der Waals surface area contributed by atoms with Gasteiger partial charge in [0.05, 0.1) is 17.6 Å². The molecular formula is C21H22ClNO4S. The lowest BCUT2D eigenvalue weighted by Crippen LogP contribution is -2.44. The van der Waals surface area contributed by atoms with E-state index in [2.05, 4.69) is 0 Å². The molecule has 28 heavy (non-hydrogen) atoms. The molecule has 2 aliphatic heterocycles. The first kappa shape index (κ1) is 19.4. The van der Waals surface area contributed by atoms with Gasteiger partial charge in [0, 0.05) is 24.5 Å². The predicted octanol–water partition coefficient (Wildman–Crippen LogP) is 3.17. The molecule has 4 rings (SSSR count). The largest absolute Gasteiger partial charge is 0.363 e. The van der Waals surface area contributed by atoms with E-state index >= 15 is 0 Å². The maximum atomic E-state index is 13.0. The minimum absolute atomic E-state index is 0.0715. The summed E-state index contributed by atoms with van der Waals surface area (Å²) in [7, 11) is -3.40. The van der Waals surface area contributed by atoms with Crippen molar-refractivity contribution in [3.05, 3.63) is 70.2 Å². The Hall–Kier alpha value is -1.89. The Morgan fingerprint density at radius 1 is 1.04 bits per heavy atom. The van der Waals surface area contributed by atoms with Crippen molar-refractivity contribution >= 4 is 27.3 Å². The number of rotatable bonds is 2. The molecular weight excluding hydrogens is 398 g/mol. The second-order valence-corrected chi connectivity index (χ2v) is 9.97. The van der Waals surface area contributed by atoms with Crippen LogP contribution >= 0.6 is 11.6 Å². The number of halogens is 1. The molecule has 7 heteroatoms. The molecule has 0 bridgehead atoms. The molecule has 1 saturated heterocycles. The van der Waals surface area contributed by atoms with Crippen LogP contribution in [0.1, 0.15) is 28.4 Å². The summed E-state index contributed by atoms with van der Waals surface area (Å²) >= 11 is 6.24. The highest BCUT2D eigenvalue weighted by molar-refractivity contribution is 7.91. The summed E-state index contributed by atoms with van der Waals surface area (Å²) in [5.41, 5.74) is 2.83. The van der Waals surface area contributed by atoms with Crippen LogP contribution in [0.15, 0.2) is 48.5 Å². The third-order valence-electron chi connectivity index (χ3n) is 5.54. The quantitative estimate of drug-likeness (QED) is 0.750. The van der Waals surface area contributed by atoms with Crippen molar-refractivity contribution in [3.8, 4) is 0 Å². The summed E-state index contributed by atoms with van der Waals surface area (Å²) < 4.78 is 31.5. The van der Waals surface area contributed by atoms with Gasteiger partial charge in [0.15, 0.2) is 9.84 Å². The summed E-state index contributed by atoms with van der Waals surface area (Å²) in [6.45, 7) is 0.958. The molecule has 148 valence electrons. The maximum Gasteiger partial charge on any atom is 0.252 e. The van der Waals surface area contributed by atoms with E-state index in [0.717, 1.165) is 11.1 Å². The minimum Gasteiger partial charge on any atom is -0.363 e. The summed E-state index contributed by atoms with van der Waals surface area (Å²) in [6, 6.07) is 15.0. The highest BCUT2D eigenvalue weighted by Gasteiger charge is 2.36. The first-order valence-electron chi connectivity index (χ1n) is 9.39. The van der Waals surface area contributed by atoms with Gasteiger partial charge in [0.25, 0.3) is 5.91 Å². The zero-order valence-corrected chi connectivity index (χ0v) is 17.0. The molecule has 0 aromatic heterocycles. The van der Waals surface area contributed by atoms with Gasteiger partial charge in [0.2, 0.25) is 0 Å². The van der Waals surface area contributed by atoms with Gasteiger partial charge >= 0.3 is 0 Å². The van der Waals surface area contributed by atoms with Crippen molar-refractivity contribution in [3.63, 3.8) is 0 Å². The van der Waals surface area contributed by atoms with Crippen LogP contribution < -0.4 is 0 Å². The lowest BCUT2D eigenvalue weighted by molar-refractivity contribution is -0.145. The van der Waals surface area contributed by atoms with Gasteiger partial charge in [-0.2, -0.15) is 0 Å². The van der Waals surface area contributed by atoms with E-state index < -0.39 is 21.2 Å². The van der Waals surface area contributed by atoms with Crippen molar-refractivity contribution in [1.29, 1.82) is 0 Å². The summed E-state index contributed by atoms with van der Waals surface area (Å²) in [5.74, 6) is -0.206. The molecule has 0 unspecified atom stereocenters. The molecule has 1 amide bonds. The van der Waals surface area contributed by atoms with E-state index in [1.54, 1.807) is 29.2 Å². The van der Waals surface area contributed by atoms with E-state index in [9.17, 15) is 13.2 Å². The molecule has 1 fully saturated rings. The van der Waals surface area contributed by atoms with Crippen LogP contribution in [0.4, 0.5) is 0 Å². The lowest BCUT2D eigenvalue weighted by Gasteiger charge is -2.29. The second-order valence-electron chi connectivity index (χ2n) is 7.26. The number of carbonyl (C=O) groups is 1. The minimum atomic E-state index is -3.40.